The van der Waals surface area contributed by atoms with Gasteiger partial charge in [0.1, 0.15) is 10.6 Å². The molecule has 0 atom stereocenters. The molecule has 0 aliphatic carbocycles. The van der Waals surface area contributed by atoms with E-state index in [-0.39, 0.29) is 21.4 Å². The Labute approximate surface area is 133 Å². The number of nitrogens with one attached hydrogen (secondary N) is 1. The Kier molecular flexibility index (Phi) is 4.37. The van der Waals surface area contributed by atoms with E-state index >= 15 is 0 Å². The molecule has 112 valence electrons. The van der Waals surface area contributed by atoms with Gasteiger partial charge in [0, 0.05) is 5.02 Å². The van der Waals surface area contributed by atoms with E-state index in [9.17, 15) is 13.5 Å². The molecule has 2 rings (SSSR count). The summed E-state index contributed by atoms with van der Waals surface area (Å²) in [6.45, 7) is 3.49. The van der Waals surface area contributed by atoms with Gasteiger partial charge in [0.15, 0.2) is 0 Å². The Morgan fingerprint density at radius 3 is 2.38 bits per heavy atom. The predicted octanol–water partition coefficient (Wildman–Crippen LogP) is 4.12. The molecule has 0 bridgehead atoms. The van der Waals surface area contributed by atoms with Gasteiger partial charge in [-0.1, -0.05) is 29.3 Å². The van der Waals surface area contributed by atoms with Crippen molar-refractivity contribution >= 4 is 38.9 Å². The summed E-state index contributed by atoms with van der Waals surface area (Å²) in [7, 11) is -3.92. The van der Waals surface area contributed by atoms with Gasteiger partial charge in [-0.25, -0.2) is 8.42 Å². The van der Waals surface area contributed by atoms with Gasteiger partial charge in [0.05, 0.1) is 10.7 Å². The van der Waals surface area contributed by atoms with Crippen LogP contribution in [-0.4, -0.2) is 13.5 Å². The molecule has 0 aliphatic heterocycles. The maximum atomic E-state index is 12.4. The van der Waals surface area contributed by atoms with Gasteiger partial charge in [-0.2, -0.15) is 0 Å². The van der Waals surface area contributed by atoms with E-state index in [1.54, 1.807) is 26.0 Å². The number of phenolic OH excluding ortho intramolecular Hbond substituents is 1. The van der Waals surface area contributed by atoms with E-state index in [4.69, 9.17) is 23.2 Å². The van der Waals surface area contributed by atoms with Crippen molar-refractivity contribution in [2.24, 2.45) is 0 Å². The van der Waals surface area contributed by atoms with Gasteiger partial charge in [0.25, 0.3) is 10.0 Å². The van der Waals surface area contributed by atoms with Crippen LogP contribution in [0, 0.1) is 13.8 Å². The molecule has 0 amide bonds. The number of halogens is 2. The lowest BCUT2D eigenvalue weighted by atomic mass is 10.1. The molecule has 21 heavy (non-hydrogen) atoms. The highest BCUT2D eigenvalue weighted by Crippen LogP contribution is 2.32. The molecule has 0 radical (unpaired) electrons. The lowest BCUT2D eigenvalue weighted by molar-refractivity contribution is 0.473. The first-order valence-corrected chi connectivity index (χ1v) is 8.22. The van der Waals surface area contributed by atoms with Crippen molar-refractivity contribution in [2.45, 2.75) is 18.7 Å². The Morgan fingerprint density at radius 2 is 1.76 bits per heavy atom. The van der Waals surface area contributed by atoms with Crippen molar-refractivity contribution in [2.75, 3.05) is 4.72 Å². The maximum absolute atomic E-state index is 12.4. The molecule has 4 nitrogen and oxygen atoms in total. The zero-order valence-corrected chi connectivity index (χ0v) is 13.6. The average Bonchev–Trinajstić information content (AvgIpc) is 2.34. The molecule has 0 aliphatic rings. The molecule has 0 fully saturated rings. The first-order chi connectivity index (χ1) is 9.70. The monoisotopic (exact) mass is 345 g/mol. The molecule has 0 spiro atoms. The van der Waals surface area contributed by atoms with Crippen LogP contribution >= 0.6 is 23.2 Å². The Balaban J connectivity index is 2.47. The third-order valence-corrected chi connectivity index (χ3v) is 4.96. The quantitative estimate of drug-likeness (QED) is 0.822. The van der Waals surface area contributed by atoms with E-state index in [1.165, 1.54) is 18.2 Å². The number of anilines is 1. The lowest BCUT2D eigenvalue weighted by Gasteiger charge is -2.13. The predicted molar refractivity (Wildman–Crippen MR) is 84.9 cm³/mol. The Hall–Kier alpha value is -1.43. The molecule has 2 aromatic carbocycles. The number of sulfonamides is 1. The van der Waals surface area contributed by atoms with Crippen LogP contribution in [0.15, 0.2) is 35.2 Å². The fraction of sp³-hybridized carbons (Fsp3) is 0.143. The van der Waals surface area contributed by atoms with E-state index in [1.807, 2.05) is 0 Å². The standard InChI is InChI=1S/C14H13Cl2NO3S/c1-8-5-9(2)14(18)12(6-8)17-21(19,20)13-4-3-10(15)7-11(13)16/h3-7,17-18H,1-2H3. The molecule has 0 saturated heterocycles. The molecule has 7 heteroatoms. The number of rotatable bonds is 3. The fourth-order valence-electron chi connectivity index (χ4n) is 1.93. The second-order valence-electron chi connectivity index (χ2n) is 4.66. The van der Waals surface area contributed by atoms with Crippen LogP contribution in [-0.2, 0) is 10.0 Å². The zero-order valence-electron chi connectivity index (χ0n) is 11.3. The highest BCUT2D eigenvalue weighted by atomic mass is 35.5. The van der Waals surface area contributed by atoms with Gasteiger partial charge >= 0.3 is 0 Å². The smallest absolute Gasteiger partial charge is 0.263 e. The van der Waals surface area contributed by atoms with Gasteiger partial charge < -0.3 is 5.11 Å². The van der Waals surface area contributed by atoms with Crippen molar-refractivity contribution < 1.29 is 13.5 Å². The first kappa shape index (κ1) is 15.9. The number of aryl methyl sites for hydroxylation is 2. The maximum Gasteiger partial charge on any atom is 0.263 e. The number of benzene rings is 2. The summed E-state index contributed by atoms with van der Waals surface area (Å²) >= 11 is 11.7. The van der Waals surface area contributed by atoms with Crippen LogP contribution in [0.25, 0.3) is 0 Å². The van der Waals surface area contributed by atoms with Crippen LogP contribution in [0.2, 0.25) is 10.0 Å². The highest BCUT2D eigenvalue weighted by molar-refractivity contribution is 7.92. The van der Waals surface area contributed by atoms with Crippen molar-refractivity contribution in [1.29, 1.82) is 0 Å². The lowest BCUT2D eigenvalue weighted by Crippen LogP contribution is -2.14. The topological polar surface area (TPSA) is 66.4 Å². The van der Waals surface area contributed by atoms with Crippen molar-refractivity contribution in [1.82, 2.24) is 0 Å². The second-order valence-corrected chi connectivity index (χ2v) is 7.15. The van der Waals surface area contributed by atoms with Gasteiger partial charge in [-0.05, 0) is 49.2 Å². The largest absolute Gasteiger partial charge is 0.505 e. The summed E-state index contributed by atoms with van der Waals surface area (Å²) in [5.41, 5.74) is 1.51. The third kappa shape index (κ3) is 3.43. The number of phenols is 1. The summed E-state index contributed by atoms with van der Waals surface area (Å²) in [5.74, 6) is -0.116. The van der Waals surface area contributed by atoms with E-state index in [0.29, 0.717) is 10.6 Å². The van der Waals surface area contributed by atoms with Gasteiger partial charge in [-0.3, -0.25) is 4.72 Å². The molecule has 2 aromatic rings. The van der Waals surface area contributed by atoms with Crippen molar-refractivity contribution in [3.63, 3.8) is 0 Å². The normalized spacial score (nSPS) is 11.4. The molecular weight excluding hydrogens is 333 g/mol. The van der Waals surface area contributed by atoms with Crippen molar-refractivity contribution in [3.8, 4) is 5.75 Å². The molecule has 0 saturated carbocycles. The van der Waals surface area contributed by atoms with Crippen molar-refractivity contribution in [3.05, 3.63) is 51.5 Å². The van der Waals surface area contributed by atoms with E-state index in [0.717, 1.165) is 5.56 Å². The SMILES string of the molecule is Cc1cc(C)c(O)c(NS(=O)(=O)c2ccc(Cl)cc2Cl)c1. The molecule has 2 N–H and O–H groups in total. The molecule has 0 unspecified atom stereocenters. The summed E-state index contributed by atoms with van der Waals surface area (Å²) in [4.78, 5) is -0.105. The molecule has 0 heterocycles. The number of aromatic hydroxyl groups is 1. The number of hydrogen-bond acceptors (Lipinski definition) is 3. The summed E-state index contributed by atoms with van der Waals surface area (Å²) in [6.07, 6.45) is 0. The summed E-state index contributed by atoms with van der Waals surface area (Å²) in [6, 6.07) is 7.39. The van der Waals surface area contributed by atoms with Crippen LogP contribution in [0.5, 0.6) is 5.75 Å². The summed E-state index contributed by atoms with van der Waals surface area (Å²) < 4.78 is 27.1. The zero-order chi connectivity index (χ0) is 15.8. The number of hydrogen-bond donors (Lipinski definition) is 2. The Bertz CT molecular complexity index is 804. The minimum atomic E-state index is -3.92. The third-order valence-electron chi connectivity index (χ3n) is 2.87. The first-order valence-electron chi connectivity index (χ1n) is 5.99. The van der Waals surface area contributed by atoms with Crippen LogP contribution in [0.1, 0.15) is 11.1 Å². The van der Waals surface area contributed by atoms with E-state index in [2.05, 4.69) is 4.72 Å². The minimum Gasteiger partial charge on any atom is -0.505 e. The van der Waals surface area contributed by atoms with E-state index < -0.39 is 10.0 Å². The highest BCUT2D eigenvalue weighted by Gasteiger charge is 2.20. The second kappa shape index (κ2) is 5.75. The van der Waals surface area contributed by atoms with Crippen LogP contribution in [0.4, 0.5) is 5.69 Å². The van der Waals surface area contributed by atoms with Crippen LogP contribution < -0.4 is 4.72 Å². The molecule has 0 aromatic heterocycles. The van der Waals surface area contributed by atoms with Crippen LogP contribution in [0.3, 0.4) is 0 Å². The van der Waals surface area contributed by atoms with Gasteiger partial charge in [-0.15, -0.1) is 0 Å². The minimum absolute atomic E-state index is 0.0128. The Morgan fingerprint density at radius 1 is 1.10 bits per heavy atom. The fourth-order valence-corrected chi connectivity index (χ4v) is 3.76. The summed E-state index contributed by atoms with van der Waals surface area (Å²) in [5, 5.41) is 10.3. The molecular formula is C14H13Cl2NO3S. The average molecular weight is 346 g/mol. The van der Waals surface area contributed by atoms with Gasteiger partial charge in [0.2, 0.25) is 0 Å².